The Kier molecular flexibility index (Phi) is 2.75. The Morgan fingerprint density at radius 2 is 2.10 bits per heavy atom. The number of nitrogens with zero attached hydrogens (tertiary/aromatic N) is 1. The SMILES string of the molecule is C[C@@]12CCc3c(-c4ccc(Cl)cc4)csc3C1=NC(=O)O2. The molecule has 0 saturated heterocycles. The summed E-state index contributed by atoms with van der Waals surface area (Å²) in [5.41, 5.74) is 3.85. The van der Waals surface area contributed by atoms with Crippen LogP contribution in [0, 0.1) is 0 Å². The van der Waals surface area contributed by atoms with Crippen molar-refractivity contribution in [2.75, 3.05) is 0 Å². The maximum atomic E-state index is 11.5. The van der Waals surface area contributed by atoms with Crippen molar-refractivity contribution < 1.29 is 9.53 Å². The number of carbonyl (C=O) groups is 1. The van der Waals surface area contributed by atoms with Crippen LogP contribution in [-0.2, 0) is 11.2 Å². The molecule has 0 N–H and O–H groups in total. The first-order chi connectivity index (χ1) is 10.1. The highest BCUT2D eigenvalue weighted by Crippen LogP contribution is 2.43. The largest absolute Gasteiger partial charge is 0.435 e. The zero-order valence-electron chi connectivity index (χ0n) is 11.4. The van der Waals surface area contributed by atoms with E-state index < -0.39 is 11.7 Å². The molecule has 1 amide bonds. The summed E-state index contributed by atoms with van der Waals surface area (Å²) in [5, 5.41) is 2.86. The number of benzene rings is 1. The Morgan fingerprint density at radius 3 is 2.86 bits per heavy atom. The molecule has 4 rings (SSSR count). The average molecular weight is 318 g/mol. The zero-order chi connectivity index (χ0) is 14.6. The maximum absolute atomic E-state index is 11.5. The smallest absolute Gasteiger partial charge is 0.434 e. The Morgan fingerprint density at radius 1 is 1.33 bits per heavy atom. The van der Waals surface area contributed by atoms with E-state index in [2.05, 4.69) is 10.4 Å². The quantitative estimate of drug-likeness (QED) is 0.763. The average Bonchev–Trinajstić information content (AvgIpc) is 2.99. The van der Waals surface area contributed by atoms with E-state index in [0.29, 0.717) is 0 Å². The molecule has 3 nitrogen and oxygen atoms in total. The summed E-state index contributed by atoms with van der Waals surface area (Å²) in [6.07, 6.45) is 1.20. The molecule has 2 aromatic rings. The molecule has 1 atom stereocenters. The molecular formula is C16H12ClNO2S. The highest BCUT2D eigenvalue weighted by Gasteiger charge is 2.46. The third-order valence-electron chi connectivity index (χ3n) is 4.13. The van der Waals surface area contributed by atoms with Crippen molar-refractivity contribution >= 4 is 34.7 Å². The van der Waals surface area contributed by atoms with Crippen LogP contribution in [0.25, 0.3) is 11.1 Å². The summed E-state index contributed by atoms with van der Waals surface area (Å²) in [7, 11) is 0. The minimum atomic E-state index is -0.549. The van der Waals surface area contributed by atoms with Gasteiger partial charge in [-0.3, -0.25) is 0 Å². The first-order valence-electron chi connectivity index (χ1n) is 6.76. The molecule has 1 aliphatic carbocycles. The van der Waals surface area contributed by atoms with Crippen molar-refractivity contribution in [3.05, 3.63) is 45.1 Å². The lowest BCUT2D eigenvalue weighted by molar-refractivity contribution is 0.0875. The van der Waals surface area contributed by atoms with Crippen LogP contribution >= 0.6 is 22.9 Å². The Labute approximate surface area is 131 Å². The summed E-state index contributed by atoms with van der Waals surface area (Å²) in [5.74, 6) is 0. The van der Waals surface area contributed by atoms with Crippen LogP contribution in [0.1, 0.15) is 23.8 Å². The van der Waals surface area contributed by atoms with E-state index in [9.17, 15) is 4.79 Å². The molecule has 5 heteroatoms. The first-order valence-corrected chi connectivity index (χ1v) is 8.01. The van der Waals surface area contributed by atoms with Crippen molar-refractivity contribution in [2.45, 2.75) is 25.4 Å². The molecule has 1 aromatic heterocycles. The number of halogens is 1. The van der Waals surface area contributed by atoms with Crippen LogP contribution in [0.3, 0.4) is 0 Å². The Hall–Kier alpha value is -1.65. The van der Waals surface area contributed by atoms with E-state index in [1.54, 1.807) is 11.3 Å². The number of ether oxygens (including phenoxy) is 1. The molecule has 2 heterocycles. The van der Waals surface area contributed by atoms with Crippen molar-refractivity contribution in [3.8, 4) is 11.1 Å². The van der Waals surface area contributed by atoms with Crippen molar-refractivity contribution in [2.24, 2.45) is 4.99 Å². The van der Waals surface area contributed by atoms with Gasteiger partial charge >= 0.3 is 6.09 Å². The molecule has 1 aliphatic heterocycles. The molecule has 0 unspecified atom stereocenters. The second-order valence-electron chi connectivity index (χ2n) is 5.52. The molecule has 0 spiro atoms. The van der Waals surface area contributed by atoms with Crippen molar-refractivity contribution in [1.82, 2.24) is 0 Å². The second-order valence-corrected chi connectivity index (χ2v) is 6.84. The molecule has 106 valence electrons. The summed E-state index contributed by atoms with van der Waals surface area (Å²) in [6, 6.07) is 7.84. The number of fused-ring (bicyclic) bond motifs is 3. The first kappa shape index (κ1) is 13.0. The van der Waals surface area contributed by atoms with Crippen molar-refractivity contribution in [3.63, 3.8) is 0 Å². The highest BCUT2D eigenvalue weighted by atomic mass is 35.5. The van der Waals surface area contributed by atoms with Gasteiger partial charge in [-0.15, -0.1) is 11.3 Å². The predicted octanol–water partition coefficient (Wildman–Crippen LogP) is 4.71. The van der Waals surface area contributed by atoms with E-state index in [1.807, 2.05) is 31.2 Å². The fourth-order valence-corrected chi connectivity index (χ4v) is 4.37. The number of rotatable bonds is 1. The fourth-order valence-electron chi connectivity index (χ4n) is 3.00. The standard InChI is InChI=1S/C16H12ClNO2S/c1-16-7-6-11-12(9-2-4-10(17)5-3-9)8-21-13(11)14(16)18-15(19)20-16/h2-5,8H,6-7H2,1H3/t16-/m1/s1. The number of thiophene rings is 1. The predicted molar refractivity (Wildman–Crippen MR) is 84.5 cm³/mol. The lowest BCUT2D eigenvalue weighted by atomic mass is 9.82. The topological polar surface area (TPSA) is 38.7 Å². The van der Waals surface area contributed by atoms with Gasteiger partial charge in [-0.1, -0.05) is 23.7 Å². The van der Waals surface area contributed by atoms with Gasteiger partial charge in [0.25, 0.3) is 0 Å². The zero-order valence-corrected chi connectivity index (χ0v) is 12.9. The van der Waals surface area contributed by atoms with E-state index in [0.717, 1.165) is 34.0 Å². The fraction of sp³-hybridized carbons (Fsp3) is 0.250. The number of hydrogen-bond donors (Lipinski definition) is 0. The van der Waals surface area contributed by atoms with Gasteiger partial charge in [0.2, 0.25) is 0 Å². The summed E-state index contributed by atoms with van der Waals surface area (Å²) in [6.45, 7) is 1.95. The van der Waals surface area contributed by atoms with E-state index in [1.165, 1.54) is 11.1 Å². The number of amides is 1. The van der Waals surface area contributed by atoms with Crippen LogP contribution in [0.2, 0.25) is 5.02 Å². The molecule has 0 fully saturated rings. The Bertz CT molecular complexity index is 778. The van der Waals surface area contributed by atoms with E-state index >= 15 is 0 Å². The second kappa shape index (κ2) is 4.42. The van der Waals surface area contributed by atoms with Gasteiger partial charge < -0.3 is 4.74 Å². The van der Waals surface area contributed by atoms with Gasteiger partial charge in [-0.2, -0.15) is 4.99 Å². The van der Waals surface area contributed by atoms with Gasteiger partial charge in [0.15, 0.2) is 5.60 Å². The lowest BCUT2D eigenvalue weighted by Crippen LogP contribution is -2.38. The maximum Gasteiger partial charge on any atom is 0.434 e. The van der Waals surface area contributed by atoms with Crippen LogP contribution in [-0.4, -0.2) is 17.4 Å². The minimum Gasteiger partial charge on any atom is -0.435 e. The number of carbonyl (C=O) groups excluding carboxylic acids is 1. The Balaban J connectivity index is 1.84. The molecule has 0 saturated carbocycles. The molecule has 21 heavy (non-hydrogen) atoms. The van der Waals surface area contributed by atoms with Gasteiger partial charge in [0.1, 0.15) is 5.71 Å². The van der Waals surface area contributed by atoms with Crippen LogP contribution in [0.15, 0.2) is 34.6 Å². The van der Waals surface area contributed by atoms with Crippen LogP contribution < -0.4 is 0 Å². The number of hydrogen-bond acceptors (Lipinski definition) is 3. The van der Waals surface area contributed by atoms with E-state index in [4.69, 9.17) is 16.3 Å². The summed E-state index contributed by atoms with van der Waals surface area (Å²) < 4.78 is 5.39. The van der Waals surface area contributed by atoms with Crippen LogP contribution in [0.4, 0.5) is 4.79 Å². The minimum absolute atomic E-state index is 0.471. The third-order valence-corrected chi connectivity index (χ3v) is 5.41. The summed E-state index contributed by atoms with van der Waals surface area (Å²) >= 11 is 7.59. The van der Waals surface area contributed by atoms with Gasteiger partial charge in [-0.05, 0) is 54.0 Å². The molecule has 0 radical (unpaired) electrons. The lowest BCUT2D eigenvalue weighted by Gasteiger charge is -2.29. The summed E-state index contributed by atoms with van der Waals surface area (Å²) in [4.78, 5) is 16.7. The van der Waals surface area contributed by atoms with E-state index in [-0.39, 0.29) is 0 Å². The highest BCUT2D eigenvalue weighted by molar-refractivity contribution is 7.13. The van der Waals surface area contributed by atoms with Gasteiger partial charge in [0.05, 0.1) is 4.88 Å². The third kappa shape index (κ3) is 1.93. The van der Waals surface area contributed by atoms with Gasteiger partial charge in [0, 0.05) is 5.02 Å². The molecule has 1 aromatic carbocycles. The number of aliphatic imine (C=N–C) groups is 1. The molecular weight excluding hydrogens is 306 g/mol. The monoisotopic (exact) mass is 317 g/mol. The normalized spacial score (nSPS) is 23.3. The van der Waals surface area contributed by atoms with Crippen molar-refractivity contribution in [1.29, 1.82) is 0 Å². The molecule has 0 bridgehead atoms. The van der Waals surface area contributed by atoms with Gasteiger partial charge in [-0.25, -0.2) is 4.79 Å². The molecule has 2 aliphatic rings. The van der Waals surface area contributed by atoms with Crippen LogP contribution in [0.5, 0.6) is 0 Å².